The molecule has 0 saturated heterocycles. The van der Waals surface area contributed by atoms with Crippen LogP contribution < -0.4 is 4.18 Å². The van der Waals surface area contributed by atoms with E-state index in [0.717, 1.165) is 0 Å². The zero-order chi connectivity index (χ0) is 16.2. The molecule has 1 atom stereocenters. The van der Waals surface area contributed by atoms with E-state index in [1.165, 1.54) is 13.0 Å². The van der Waals surface area contributed by atoms with Crippen LogP contribution in [0.5, 0.6) is 5.75 Å². The molecule has 0 fully saturated rings. The van der Waals surface area contributed by atoms with E-state index in [-0.39, 0.29) is 11.5 Å². The number of carboxylic acids is 1. The molecule has 0 radical (unpaired) electrons. The van der Waals surface area contributed by atoms with Gasteiger partial charge in [-0.3, -0.25) is 4.79 Å². The Morgan fingerprint density at radius 3 is 2.32 bits per heavy atom. The molecular weight excluding hydrogens is 304 g/mol. The van der Waals surface area contributed by atoms with Gasteiger partial charge in [0.25, 0.3) is 0 Å². The van der Waals surface area contributed by atoms with Crippen molar-refractivity contribution in [3.8, 4) is 5.75 Å². The summed E-state index contributed by atoms with van der Waals surface area (Å²) in [7, 11) is -3.86. The minimum atomic E-state index is -3.86. The number of carboxylic acid groups (broad SMARTS) is 1. The average molecular weight is 320 g/mol. The minimum absolute atomic E-state index is 0.0494. The molecule has 5 nitrogen and oxygen atoms in total. The van der Waals surface area contributed by atoms with E-state index >= 15 is 0 Å². The van der Waals surface area contributed by atoms with Crippen molar-refractivity contribution in [2.75, 3.05) is 0 Å². The third-order valence-corrected chi connectivity index (χ3v) is 4.28. The van der Waals surface area contributed by atoms with Crippen LogP contribution in [0.4, 0.5) is 0 Å². The van der Waals surface area contributed by atoms with E-state index in [0.29, 0.717) is 11.1 Å². The monoisotopic (exact) mass is 320 g/mol. The quantitative estimate of drug-likeness (QED) is 0.828. The number of hydrogen-bond donors (Lipinski definition) is 1. The second kappa shape index (κ2) is 6.62. The average Bonchev–Trinajstić information content (AvgIpc) is 2.47. The predicted octanol–water partition coefficient (Wildman–Crippen LogP) is 2.78. The van der Waals surface area contributed by atoms with E-state index < -0.39 is 22.0 Å². The molecule has 0 aliphatic heterocycles. The lowest BCUT2D eigenvalue weighted by Crippen LogP contribution is -2.15. The standard InChI is InChI=1S/C16H16O5S/c1-12(16(17)18)14-9-5-6-10-15(14)21-22(19,20)11-13-7-3-2-4-8-13/h2-10,12H,11H2,1H3,(H,17,18)/t12-/m1/s1. The first-order chi connectivity index (χ1) is 10.4. The third-order valence-electron chi connectivity index (χ3n) is 3.16. The molecule has 0 aromatic heterocycles. The van der Waals surface area contributed by atoms with Crippen LogP contribution in [0.15, 0.2) is 54.6 Å². The summed E-state index contributed by atoms with van der Waals surface area (Å²) < 4.78 is 29.4. The van der Waals surface area contributed by atoms with Gasteiger partial charge in [0.15, 0.2) is 0 Å². The van der Waals surface area contributed by atoms with Crippen LogP contribution in [-0.4, -0.2) is 19.5 Å². The van der Waals surface area contributed by atoms with E-state index in [4.69, 9.17) is 9.29 Å². The van der Waals surface area contributed by atoms with Crippen LogP contribution in [0.3, 0.4) is 0 Å². The Hall–Kier alpha value is -2.34. The second-order valence-electron chi connectivity index (χ2n) is 4.87. The first-order valence-corrected chi connectivity index (χ1v) is 8.24. The van der Waals surface area contributed by atoms with Crippen molar-refractivity contribution in [1.82, 2.24) is 0 Å². The summed E-state index contributed by atoms with van der Waals surface area (Å²) in [4.78, 5) is 11.1. The van der Waals surface area contributed by atoms with Gasteiger partial charge in [-0.2, -0.15) is 8.42 Å². The zero-order valence-corrected chi connectivity index (χ0v) is 12.8. The Balaban J connectivity index is 2.25. The van der Waals surface area contributed by atoms with Crippen LogP contribution >= 0.6 is 0 Å². The van der Waals surface area contributed by atoms with Crippen molar-refractivity contribution in [2.45, 2.75) is 18.6 Å². The molecular formula is C16H16O5S. The third kappa shape index (κ3) is 4.08. The summed E-state index contributed by atoms with van der Waals surface area (Å²) in [5.41, 5.74) is 0.929. The molecule has 6 heteroatoms. The number of hydrogen-bond acceptors (Lipinski definition) is 4. The molecule has 2 aromatic rings. The molecule has 1 N–H and O–H groups in total. The largest absolute Gasteiger partial charge is 0.481 e. The lowest BCUT2D eigenvalue weighted by molar-refractivity contribution is -0.138. The number of rotatable bonds is 6. The maximum Gasteiger partial charge on any atom is 0.313 e. The molecule has 0 bridgehead atoms. The van der Waals surface area contributed by atoms with Gasteiger partial charge in [0.2, 0.25) is 0 Å². The molecule has 0 unspecified atom stereocenters. The summed E-state index contributed by atoms with van der Waals surface area (Å²) in [6, 6.07) is 14.9. The Morgan fingerprint density at radius 2 is 1.68 bits per heavy atom. The van der Waals surface area contributed by atoms with E-state index in [1.807, 2.05) is 0 Å². The maximum atomic E-state index is 12.1. The van der Waals surface area contributed by atoms with Crippen molar-refractivity contribution in [3.05, 3.63) is 65.7 Å². The van der Waals surface area contributed by atoms with Crippen molar-refractivity contribution < 1.29 is 22.5 Å². The summed E-state index contributed by atoms with van der Waals surface area (Å²) in [5, 5.41) is 9.09. The zero-order valence-electron chi connectivity index (χ0n) is 12.0. The lowest BCUT2D eigenvalue weighted by Gasteiger charge is -2.14. The Bertz CT molecular complexity index is 753. The summed E-state index contributed by atoms with van der Waals surface area (Å²) >= 11 is 0. The van der Waals surface area contributed by atoms with Gasteiger partial charge in [0.1, 0.15) is 11.5 Å². The van der Waals surface area contributed by atoms with Gasteiger partial charge in [-0.15, -0.1) is 0 Å². The Morgan fingerprint density at radius 1 is 1.09 bits per heavy atom. The Kier molecular flexibility index (Phi) is 4.82. The van der Waals surface area contributed by atoms with Gasteiger partial charge in [-0.1, -0.05) is 48.5 Å². The normalized spacial score (nSPS) is 12.6. The molecule has 116 valence electrons. The van der Waals surface area contributed by atoms with Crippen molar-refractivity contribution in [1.29, 1.82) is 0 Å². The van der Waals surface area contributed by atoms with E-state index in [1.54, 1.807) is 48.5 Å². The van der Waals surface area contributed by atoms with Crippen LogP contribution in [0.1, 0.15) is 24.0 Å². The highest BCUT2D eigenvalue weighted by molar-refractivity contribution is 7.86. The van der Waals surface area contributed by atoms with Gasteiger partial charge in [-0.05, 0) is 18.6 Å². The first kappa shape index (κ1) is 16.0. The van der Waals surface area contributed by atoms with E-state index in [2.05, 4.69) is 0 Å². The first-order valence-electron chi connectivity index (χ1n) is 6.67. The highest BCUT2D eigenvalue weighted by Crippen LogP contribution is 2.28. The lowest BCUT2D eigenvalue weighted by atomic mass is 10.0. The number of aliphatic carboxylic acids is 1. The highest BCUT2D eigenvalue weighted by atomic mass is 32.2. The van der Waals surface area contributed by atoms with Crippen molar-refractivity contribution in [3.63, 3.8) is 0 Å². The van der Waals surface area contributed by atoms with Crippen LogP contribution in [0, 0.1) is 0 Å². The minimum Gasteiger partial charge on any atom is -0.481 e. The van der Waals surface area contributed by atoms with Crippen LogP contribution in [0.25, 0.3) is 0 Å². The number of benzene rings is 2. The maximum absolute atomic E-state index is 12.1. The second-order valence-corrected chi connectivity index (χ2v) is 6.44. The van der Waals surface area contributed by atoms with E-state index in [9.17, 15) is 13.2 Å². The van der Waals surface area contributed by atoms with Gasteiger partial charge in [-0.25, -0.2) is 0 Å². The highest BCUT2D eigenvalue weighted by Gasteiger charge is 2.22. The molecule has 0 heterocycles. The molecule has 2 aromatic carbocycles. The molecule has 0 saturated carbocycles. The Labute approximate surface area is 129 Å². The SMILES string of the molecule is C[C@@H](C(=O)O)c1ccccc1OS(=O)(=O)Cc1ccccc1. The molecule has 0 spiro atoms. The van der Waals surface area contributed by atoms with Gasteiger partial charge < -0.3 is 9.29 Å². The number of carbonyl (C=O) groups is 1. The topological polar surface area (TPSA) is 80.7 Å². The molecule has 0 amide bonds. The fourth-order valence-electron chi connectivity index (χ4n) is 1.99. The summed E-state index contributed by atoms with van der Waals surface area (Å²) in [5.74, 6) is -2.13. The summed E-state index contributed by atoms with van der Waals surface area (Å²) in [6.07, 6.45) is 0. The molecule has 0 aliphatic carbocycles. The van der Waals surface area contributed by atoms with Gasteiger partial charge in [0, 0.05) is 5.56 Å². The molecule has 2 rings (SSSR count). The smallest absolute Gasteiger partial charge is 0.313 e. The van der Waals surface area contributed by atoms with Gasteiger partial charge >= 0.3 is 16.1 Å². The summed E-state index contributed by atoms with van der Waals surface area (Å²) in [6.45, 7) is 1.48. The van der Waals surface area contributed by atoms with Crippen LogP contribution in [-0.2, 0) is 20.7 Å². The van der Waals surface area contributed by atoms with Gasteiger partial charge in [0.05, 0.1) is 5.92 Å². The fraction of sp³-hybridized carbons (Fsp3) is 0.188. The van der Waals surface area contributed by atoms with Crippen LogP contribution in [0.2, 0.25) is 0 Å². The van der Waals surface area contributed by atoms with Crippen molar-refractivity contribution >= 4 is 16.1 Å². The van der Waals surface area contributed by atoms with Crippen molar-refractivity contribution in [2.24, 2.45) is 0 Å². The molecule has 0 aliphatic rings. The number of para-hydroxylation sites is 1. The fourth-order valence-corrected chi connectivity index (χ4v) is 3.08. The predicted molar refractivity (Wildman–Crippen MR) is 82.2 cm³/mol. The molecule has 22 heavy (non-hydrogen) atoms.